The van der Waals surface area contributed by atoms with Gasteiger partial charge in [0.1, 0.15) is 5.75 Å². The van der Waals surface area contributed by atoms with Gasteiger partial charge in [0.05, 0.1) is 21.3 Å². The summed E-state index contributed by atoms with van der Waals surface area (Å²) >= 11 is 0. The zero-order valence-corrected chi connectivity index (χ0v) is 17.0. The van der Waals surface area contributed by atoms with Crippen molar-refractivity contribution in [3.63, 3.8) is 0 Å². The highest BCUT2D eigenvalue weighted by Crippen LogP contribution is 2.40. The van der Waals surface area contributed by atoms with E-state index in [0.29, 0.717) is 35.1 Å². The first-order chi connectivity index (χ1) is 12.3. The minimum absolute atomic E-state index is 0.111. The molecule has 0 saturated heterocycles. The summed E-state index contributed by atoms with van der Waals surface area (Å²) in [5.41, 5.74) is 1.20. The van der Waals surface area contributed by atoms with Gasteiger partial charge in [0.25, 0.3) is 0 Å². The topological polar surface area (TPSA) is 56.8 Å². The minimum Gasteiger partial charge on any atom is -0.496 e. The SMILES string of the molecule is COc1cc(OC)c(OC)cc1CNC(=O)C1CCC(C(C)(C)C)CC1. The predicted octanol–water partition coefficient (Wildman–Crippen LogP) is 4.18. The Hall–Kier alpha value is -1.91. The third-order valence-corrected chi connectivity index (χ3v) is 5.56. The van der Waals surface area contributed by atoms with Crippen LogP contribution in [0.3, 0.4) is 0 Å². The summed E-state index contributed by atoms with van der Waals surface area (Å²) in [4.78, 5) is 12.6. The second-order valence-corrected chi connectivity index (χ2v) is 8.15. The molecule has 26 heavy (non-hydrogen) atoms. The number of carbonyl (C=O) groups excluding carboxylic acids is 1. The summed E-state index contributed by atoms with van der Waals surface area (Å²) in [5.74, 6) is 2.87. The fraction of sp³-hybridized carbons (Fsp3) is 0.667. The largest absolute Gasteiger partial charge is 0.496 e. The lowest BCUT2D eigenvalue weighted by Gasteiger charge is -2.36. The number of hydrogen-bond donors (Lipinski definition) is 1. The van der Waals surface area contributed by atoms with E-state index >= 15 is 0 Å². The van der Waals surface area contributed by atoms with E-state index < -0.39 is 0 Å². The zero-order chi connectivity index (χ0) is 19.3. The van der Waals surface area contributed by atoms with Gasteiger partial charge in [-0.1, -0.05) is 20.8 Å². The van der Waals surface area contributed by atoms with E-state index in [1.807, 2.05) is 6.07 Å². The van der Waals surface area contributed by atoms with Gasteiger partial charge in [-0.25, -0.2) is 0 Å². The zero-order valence-electron chi connectivity index (χ0n) is 17.0. The molecular formula is C21H33NO4. The first-order valence-corrected chi connectivity index (χ1v) is 9.36. The molecule has 0 unspecified atom stereocenters. The molecule has 0 aromatic heterocycles. The molecule has 1 aromatic rings. The molecule has 0 aliphatic heterocycles. The Morgan fingerprint density at radius 1 is 0.962 bits per heavy atom. The lowest BCUT2D eigenvalue weighted by Crippen LogP contribution is -2.35. The van der Waals surface area contributed by atoms with E-state index in [0.717, 1.165) is 31.2 Å². The maximum Gasteiger partial charge on any atom is 0.223 e. The second-order valence-electron chi connectivity index (χ2n) is 8.15. The van der Waals surface area contributed by atoms with Gasteiger partial charge in [-0.3, -0.25) is 4.79 Å². The van der Waals surface area contributed by atoms with Gasteiger partial charge in [-0.15, -0.1) is 0 Å². The van der Waals surface area contributed by atoms with Crippen molar-refractivity contribution in [2.75, 3.05) is 21.3 Å². The Morgan fingerprint density at radius 3 is 2.00 bits per heavy atom. The van der Waals surface area contributed by atoms with Crippen LogP contribution in [0.5, 0.6) is 17.2 Å². The molecule has 0 bridgehead atoms. The molecule has 5 heteroatoms. The van der Waals surface area contributed by atoms with Gasteiger partial charge < -0.3 is 19.5 Å². The monoisotopic (exact) mass is 363 g/mol. The van der Waals surface area contributed by atoms with Gasteiger partial charge in [-0.2, -0.15) is 0 Å². The van der Waals surface area contributed by atoms with Crippen LogP contribution in [0, 0.1) is 17.3 Å². The van der Waals surface area contributed by atoms with Gasteiger partial charge in [0.2, 0.25) is 5.91 Å². The van der Waals surface area contributed by atoms with E-state index in [9.17, 15) is 4.79 Å². The Balaban J connectivity index is 1.97. The Kier molecular flexibility index (Phi) is 6.79. The van der Waals surface area contributed by atoms with Gasteiger partial charge in [0, 0.05) is 24.1 Å². The van der Waals surface area contributed by atoms with Crippen molar-refractivity contribution in [3.05, 3.63) is 17.7 Å². The molecular weight excluding hydrogens is 330 g/mol. The fourth-order valence-corrected chi connectivity index (χ4v) is 3.78. The predicted molar refractivity (Wildman–Crippen MR) is 103 cm³/mol. The van der Waals surface area contributed by atoms with Crippen LogP contribution in [-0.4, -0.2) is 27.2 Å². The van der Waals surface area contributed by atoms with Crippen LogP contribution in [0.2, 0.25) is 0 Å². The number of rotatable bonds is 6. The van der Waals surface area contributed by atoms with Crippen molar-refractivity contribution in [2.45, 2.75) is 53.0 Å². The molecule has 0 heterocycles. The highest BCUT2D eigenvalue weighted by Gasteiger charge is 2.32. The van der Waals surface area contributed by atoms with Gasteiger partial charge in [-0.05, 0) is 43.1 Å². The van der Waals surface area contributed by atoms with E-state index in [1.165, 1.54) is 0 Å². The molecule has 0 radical (unpaired) electrons. The Bertz CT molecular complexity index is 613. The number of nitrogens with one attached hydrogen (secondary N) is 1. The van der Waals surface area contributed by atoms with E-state index in [2.05, 4.69) is 26.1 Å². The first kappa shape index (κ1) is 20.4. The lowest BCUT2D eigenvalue weighted by atomic mass is 9.69. The Morgan fingerprint density at radius 2 is 1.50 bits per heavy atom. The molecule has 2 rings (SSSR count). The third-order valence-electron chi connectivity index (χ3n) is 5.56. The molecule has 1 aliphatic rings. The van der Waals surface area contributed by atoms with Crippen LogP contribution in [0.4, 0.5) is 0 Å². The molecule has 5 nitrogen and oxygen atoms in total. The molecule has 1 aromatic carbocycles. The van der Waals surface area contributed by atoms with E-state index in [-0.39, 0.29) is 11.8 Å². The summed E-state index contributed by atoms with van der Waals surface area (Å²) in [5, 5.41) is 3.07. The van der Waals surface area contributed by atoms with Crippen molar-refractivity contribution < 1.29 is 19.0 Å². The molecule has 0 spiro atoms. The number of ether oxygens (including phenoxy) is 3. The average molecular weight is 363 g/mol. The molecule has 1 amide bonds. The normalized spacial score (nSPS) is 20.4. The molecule has 1 aliphatic carbocycles. The van der Waals surface area contributed by atoms with E-state index in [4.69, 9.17) is 14.2 Å². The number of benzene rings is 1. The summed E-state index contributed by atoms with van der Waals surface area (Å²) in [6.45, 7) is 7.30. The highest BCUT2D eigenvalue weighted by molar-refractivity contribution is 5.78. The van der Waals surface area contributed by atoms with Crippen molar-refractivity contribution in [1.29, 1.82) is 0 Å². The van der Waals surface area contributed by atoms with E-state index in [1.54, 1.807) is 27.4 Å². The number of carbonyl (C=O) groups is 1. The molecule has 146 valence electrons. The van der Waals surface area contributed by atoms with Crippen molar-refractivity contribution in [1.82, 2.24) is 5.32 Å². The molecule has 0 atom stereocenters. The highest BCUT2D eigenvalue weighted by atomic mass is 16.5. The quantitative estimate of drug-likeness (QED) is 0.824. The van der Waals surface area contributed by atoms with Crippen molar-refractivity contribution >= 4 is 5.91 Å². The van der Waals surface area contributed by atoms with Crippen LogP contribution in [0.1, 0.15) is 52.0 Å². The summed E-state index contributed by atoms with van der Waals surface area (Å²) in [6, 6.07) is 3.64. The van der Waals surface area contributed by atoms with Gasteiger partial charge in [0.15, 0.2) is 11.5 Å². The van der Waals surface area contributed by atoms with Crippen LogP contribution in [0.25, 0.3) is 0 Å². The maximum atomic E-state index is 12.6. The smallest absolute Gasteiger partial charge is 0.223 e. The summed E-state index contributed by atoms with van der Waals surface area (Å²) in [6.07, 6.45) is 4.19. The third kappa shape index (κ3) is 4.83. The van der Waals surface area contributed by atoms with Crippen LogP contribution in [0.15, 0.2) is 12.1 Å². The number of methoxy groups -OCH3 is 3. The summed E-state index contributed by atoms with van der Waals surface area (Å²) < 4.78 is 16.1. The first-order valence-electron chi connectivity index (χ1n) is 9.36. The van der Waals surface area contributed by atoms with Crippen molar-refractivity contribution in [3.8, 4) is 17.2 Å². The minimum atomic E-state index is 0.111. The number of amides is 1. The van der Waals surface area contributed by atoms with Crippen LogP contribution >= 0.6 is 0 Å². The Labute approximate surface area is 157 Å². The maximum absolute atomic E-state index is 12.6. The molecule has 1 N–H and O–H groups in total. The fourth-order valence-electron chi connectivity index (χ4n) is 3.78. The van der Waals surface area contributed by atoms with Crippen LogP contribution in [-0.2, 0) is 11.3 Å². The standard InChI is InChI=1S/C21H33NO4/c1-21(2,3)16-9-7-14(8-10-16)20(23)22-13-15-11-18(25-5)19(26-6)12-17(15)24-4/h11-12,14,16H,7-10,13H2,1-6H3,(H,22,23). The lowest BCUT2D eigenvalue weighted by molar-refractivity contribution is -0.126. The average Bonchev–Trinajstić information content (AvgIpc) is 2.64. The second kappa shape index (κ2) is 8.65. The molecule has 1 fully saturated rings. The van der Waals surface area contributed by atoms with Crippen molar-refractivity contribution in [2.24, 2.45) is 17.3 Å². The summed E-state index contributed by atoms with van der Waals surface area (Å²) in [7, 11) is 4.80. The van der Waals surface area contributed by atoms with Crippen LogP contribution < -0.4 is 19.5 Å². The number of hydrogen-bond acceptors (Lipinski definition) is 4. The molecule has 1 saturated carbocycles. The van der Waals surface area contributed by atoms with Gasteiger partial charge >= 0.3 is 0 Å².